The van der Waals surface area contributed by atoms with Crippen LogP contribution in [-0.2, 0) is 11.3 Å². The van der Waals surface area contributed by atoms with Crippen LogP contribution in [0.25, 0.3) is 0 Å². The minimum atomic E-state index is -0.328. The predicted octanol–water partition coefficient (Wildman–Crippen LogP) is 2.49. The summed E-state index contributed by atoms with van der Waals surface area (Å²) in [5.74, 6) is -0.285. The number of benzene rings is 1. The summed E-state index contributed by atoms with van der Waals surface area (Å²) < 4.78 is 12.7. The maximum absolute atomic E-state index is 12.7. The summed E-state index contributed by atoms with van der Waals surface area (Å²) in [6.07, 6.45) is 5.68. The second kappa shape index (κ2) is 6.15. The van der Waals surface area contributed by atoms with E-state index in [1.54, 1.807) is 12.1 Å². The van der Waals surface area contributed by atoms with Crippen molar-refractivity contribution in [2.24, 2.45) is 5.73 Å². The van der Waals surface area contributed by atoms with Crippen LogP contribution in [0.4, 0.5) is 4.39 Å². The molecule has 2 rings (SSSR count). The first-order valence-corrected chi connectivity index (χ1v) is 6.87. The second-order valence-corrected chi connectivity index (χ2v) is 5.50. The summed E-state index contributed by atoms with van der Waals surface area (Å²) in [5, 5.41) is 2.85. The lowest BCUT2D eigenvalue weighted by molar-refractivity contribution is -0.122. The molecule has 4 heteroatoms. The van der Waals surface area contributed by atoms with E-state index in [4.69, 9.17) is 5.73 Å². The van der Waals surface area contributed by atoms with Crippen LogP contribution in [0.1, 0.15) is 44.1 Å². The van der Waals surface area contributed by atoms with Gasteiger partial charge < -0.3 is 11.1 Å². The van der Waals surface area contributed by atoms with Gasteiger partial charge in [0.2, 0.25) is 5.91 Å². The Morgan fingerprint density at radius 1 is 1.21 bits per heavy atom. The molecule has 1 aromatic rings. The van der Waals surface area contributed by atoms with Gasteiger partial charge in [-0.15, -0.1) is 0 Å². The summed E-state index contributed by atoms with van der Waals surface area (Å²) in [6, 6.07) is 6.14. The lowest BCUT2D eigenvalue weighted by Gasteiger charge is -2.32. The summed E-state index contributed by atoms with van der Waals surface area (Å²) in [4.78, 5) is 11.9. The third-order valence-corrected chi connectivity index (χ3v) is 3.76. The van der Waals surface area contributed by atoms with Crippen molar-refractivity contribution in [3.63, 3.8) is 0 Å². The highest BCUT2D eigenvalue weighted by atomic mass is 19.1. The lowest BCUT2D eigenvalue weighted by Crippen LogP contribution is -2.45. The van der Waals surface area contributed by atoms with Gasteiger partial charge >= 0.3 is 0 Å². The van der Waals surface area contributed by atoms with E-state index in [0.29, 0.717) is 13.0 Å². The Morgan fingerprint density at radius 3 is 2.47 bits per heavy atom. The van der Waals surface area contributed by atoms with E-state index in [1.165, 1.54) is 18.6 Å². The Balaban J connectivity index is 1.79. The smallest absolute Gasteiger partial charge is 0.222 e. The average molecular weight is 264 g/mol. The molecule has 1 aliphatic carbocycles. The van der Waals surface area contributed by atoms with Gasteiger partial charge in [-0.3, -0.25) is 4.79 Å². The summed E-state index contributed by atoms with van der Waals surface area (Å²) >= 11 is 0. The van der Waals surface area contributed by atoms with E-state index in [-0.39, 0.29) is 17.3 Å². The zero-order valence-electron chi connectivity index (χ0n) is 11.1. The fourth-order valence-electron chi connectivity index (χ4n) is 2.62. The number of hydrogen-bond acceptors (Lipinski definition) is 2. The molecule has 0 saturated heterocycles. The highest BCUT2D eigenvalue weighted by molar-refractivity contribution is 5.77. The molecule has 0 aromatic heterocycles. The molecule has 104 valence electrons. The molecule has 0 atom stereocenters. The molecule has 0 radical (unpaired) electrons. The molecule has 1 saturated carbocycles. The van der Waals surface area contributed by atoms with Crippen molar-refractivity contribution in [2.75, 3.05) is 0 Å². The number of carbonyl (C=O) groups is 1. The largest absolute Gasteiger partial charge is 0.352 e. The number of carbonyl (C=O) groups excluding carboxylic acids is 1. The van der Waals surface area contributed by atoms with Crippen molar-refractivity contribution >= 4 is 5.91 Å². The molecule has 0 bridgehead atoms. The first-order valence-electron chi connectivity index (χ1n) is 6.87. The molecule has 0 unspecified atom stereocenters. The number of amides is 1. The predicted molar refractivity (Wildman–Crippen MR) is 72.9 cm³/mol. The van der Waals surface area contributed by atoms with Crippen LogP contribution in [-0.4, -0.2) is 11.4 Å². The quantitative estimate of drug-likeness (QED) is 0.878. The van der Waals surface area contributed by atoms with E-state index in [9.17, 15) is 9.18 Å². The Labute approximate surface area is 113 Å². The van der Waals surface area contributed by atoms with Crippen LogP contribution in [0, 0.1) is 5.82 Å². The summed E-state index contributed by atoms with van der Waals surface area (Å²) in [5.41, 5.74) is 6.80. The number of nitrogens with one attached hydrogen (secondary N) is 1. The molecule has 3 N–H and O–H groups in total. The Hall–Kier alpha value is -1.42. The second-order valence-electron chi connectivity index (χ2n) is 5.50. The Morgan fingerprint density at radius 2 is 1.84 bits per heavy atom. The third kappa shape index (κ3) is 4.31. The van der Waals surface area contributed by atoms with Gasteiger partial charge in [-0.05, 0) is 30.5 Å². The molecule has 1 fully saturated rings. The fraction of sp³-hybridized carbons (Fsp3) is 0.533. The standard InChI is InChI=1S/C15H21FN2O/c16-13-6-4-12(5-7-13)11-18-14(19)10-15(17)8-2-1-3-9-15/h4-7H,1-3,8-11,17H2,(H,18,19). The third-order valence-electron chi connectivity index (χ3n) is 3.76. The normalized spacial score (nSPS) is 18.0. The van der Waals surface area contributed by atoms with Crippen LogP contribution in [0.15, 0.2) is 24.3 Å². The highest BCUT2D eigenvalue weighted by Crippen LogP contribution is 2.28. The zero-order valence-corrected chi connectivity index (χ0v) is 11.1. The molecule has 1 aromatic carbocycles. The van der Waals surface area contributed by atoms with Crippen molar-refractivity contribution in [1.29, 1.82) is 0 Å². The van der Waals surface area contributed by atoms with E-state index in [0.717, 1.165) is 31.2 Å². The Bertz CT molecular complexity index is 424. The summed E-state index contributed by atoms with van der Waals surface area (Å²) in [7, 11) is 0. The van der Waals surface area contributed by atoms with Gasteiger partial charge in [-0.25, -0.2) is 4.39 Å². The first kappa shape index (κ1) is 14.0. The van der Waals surface area contributed by atoms with Gasteiger partial charge in [0.05, 0.1) is 0 Å². The van der Waals surface area contributed by atoms with Crippen LogP contribution in [0.2, 0.25) is 0 Å². The highest BCUT2D eigenvalue weighted by Gasteiger charge is 2.29. The van der Waals surface area contributed by atoms with Crippen LogP contribution >= 0.6 is 0 Å². The fourth-order valence-corrected chi connectivity index (χ4v) is 2.62. The topological polar surface area (TPSA) is 55.1 Å². The Kier molecular flexibility index (Phi) is 4.53. The molecular weight excluding hydrogens is 243 g/mol. The minimum Gasteiger partial charge on any atom is -0.352 e. The SMILES string of the molecule is NC1(CC(=O)NCc2ccc(F)cc2)CCCCC1. The number of nitrogens with two attached hydrogens (primary N) is 1. The van der Waals surface area contributed by atoms with Gasteiger partial charge in [-0.2, -0.15) is 0 Å². The monoisotopic (exact) mass is 264 g/mol. The maximum atomic E-state index is 12.7. The molecule has 1 amide bonds. The zero-order chi connectivity index (χ0) is 13.7. The number of rotatable bonds is 4. The molecule has 0 heterocycles. The van der Waals surface area contributed by atoms with Crippen molar-refractivity contribution < 1.29 is 9.18 Å². The number of halogens is 1. The molecule has 19 heavy (non-hydrogen) atoms. The maximum Gasteiger partial charge on any atom is 0.222 e. The van der Waals surface area contributed by atoms with Crippen molar-refractivity contribution in [2.45, 2.75) is 50.6 Å². The van der Waals surface area contributed by atoms with Crippen LogP contribution in [0.5, 0.6) is 0 Å². The van der Waals surface area contributed by atoms with E-state index >= 15 is 0 Å². The first-order chi connectivity index (χ1) is 9.07. The van der Waals surface area contributed by atoms with Crippen molar-refractivity contribution in [3.8, 4) is 0 Å². The molecule has 3 nitrogen and oxygen atoms in total. The molecule has 0 spiro atoms. The minimum absolute atomic E-state index is 0.0197. The number of hydrogen-bond donors (Lipinski definition) is 2. The van der Waals surface area contributed by atoms with Gasteiger partial charge in [0.15, 0.2) is 0 Å². The van der Waals surface area contributed by atoms with E-state index < -0.39 is 0 Å². The van der Waals surface area contributed by atoms with Crippen molar-refractivity contribution in [1.82, 2.24) is 5.32 Å². The van der Waals surface area contributed by atoms with Crippen molar-refractivity contribution in [3.05, 3.63) is 35.6 Å². The van der Waals surface area contributed by atoms with Crippen LogP contribution in [0.3, 0.4) is 0 Å². The molecule has 1 aliphatic rings. The van der Waals surface area contributed by atoms with Gasteiger partial charge in [0.25, 0.3) is 0 Å². The van der Waals surface area contributed by atoms with E-state index in [1.807, 2.05) is 0 Å². The van der Waals surface area contributed by atoms with Gasteiger partial charge in [-0.1, -0.05) is 31.4 Å². The molecule has 0 aliphatic heterocycles. The van der Waals surface area contributed by atoms with E-state index in [2.05, 4.69) is 5.32 Å². The summed E-state index contributed by atoms with van der Waals surface area (Å²) in [6.45, 7) is 0.426. The van der Waals surface area contributed by atoms with Gasteiger partial charge in [0, 0.05) is 18.5 Å². The molecular formula is C15H21FN2O. The average Bonchev–Trinajstić information content (AvgIpc) is 2.38. The van der Waals surface area contributed by atoms with Gasteiger partial charge in [0.1, 0.15) is 5.82 Å². The van der Waals surface area contributed by atoms with Crippen LogP contribution < -0.4 is 11.1 Å². The lowest BCUT2D eigenvalue weighted by atomic mass is 9.80.